The van der Waals surface area contributed by atoms with Gasteiger partial charge in [-0.1, -0.05) is 12.1 Å². The van der Waals surface area contributed by atoms with Gasteiger partial charge in [0.05, 0.1) is 17.1 Å². The van der Waals surface area contributed by atoms with Crippen molar-refractivity contribution >= 4 is 40.2 Å². The molecule has 0 aliphatic rings. The first-order valence-corrected chi connectivity index (χ1v) is 10.6. The lowest BCUT2D eigenvalue weighted by molar-refractivity contribution is -0.117. The predicted molar refractivity (Wildman–Crippen MR) is 127 cm³/mol. The predicted octanol–water partition coefficient (Wildman–Crippen LogP) is 3.01. The van der Waals surface area contributed by atoms with Crippen molar-refractivity contribution < 1.29 is 19.1 Å². The van der Waals surface area contributed by atoms with Gasteiger partial charge in [-0.25, -0.2) is 9.78 Å². The number of nitrogens with one attached hydrogen (secondary N) is 2. The van der Waals surface area contributed by atoms with Crippen LogP contribution in [0.5, 0.6) is 0 Å². The van der Waals surface area contributed by atoms with Gasteiger partial charge in [-0.15, -0.1) is 0 Å². The smallest absolute Gasteiger partial charge is 0.374 e. The number of fused-ring (bicyclic) bond motifs is 1. The number of H-pyrrole nitrogens is 1. The van der Waals surface area contributed by atoms with Crippen molar-refractivity contribution in [3.05, 3.63) is 53.9 Å². The van der Waals surface area contributed by atoms with E-state index < -0.39 is 17.6 Å². The summed E-state index contributed by atoms with van der Waals surface area (Å²) in [6.45, 7) is 6.82. The number of carbonyl (C=O) groups is 3. The van der Waals surface area contributed by atoms with E-state index >= 15 is 0 Å². The first-order valence-electron chi connectivity index (χ1n) is 10.6. The van der Waals surface area contributed by atoms with Crippen LogP contribution in [0.3, 0.4) is 0 Å². The molecule has 0 spiro atoms. The number of hydrogen-bond acceptors (Lipinski definition) is 6. The van der Waals surface area contributed by atoms with E-state index in [9.17, 15) is 14.4 Å². The fourth-order valence-electron chi connectivity index (χ4n) is 3.16. The van der Waals surface area contributed by atoms with Crippen LogP contribution in [0.25, 0.3) is 11.0 Å². The number of ether oxygens (including phenoxy) is 1. The average Bonchev–Trinajstić information content (AvgIpc) is 3.15. The fraction of sp³-hybridized carbons (Fsp3) is 0.333. The van der Waals surface area contributed by atoms with E-state index in [1.165, 1.54) is 11.8 Å². The number of imidazole rings is 1. The zero-order chi connectivity index (χ0) is 24.3. The van der Waals surface area contributed by atoms with Gasteiger partial charge in [0.15, 0.2) is 0 Å². The molecule has 33 heavy (non-hydrogen) atoms. The quantitative estimate of drug-likeness (QED) is 0.494. The van der Waals surface area contributed by atoms with Crippen LogP contribution in [0.2, 0.25) is 0 Å². The molecular weight excluding hydrogens is 422 g/mol. The molecule has 1 aromatic heterocycles. The van der Waals surface area contributed by atoms with Gasteiger partial charge < -0.3 is 25.7 Å². The Hall–Kier alpha value is -3.72. The van der Waals surface area contributed by atoms with Crippen molar-refractivity contribution in [2.45, 2.75) is 45.8 Å². The molecule has 174 valence electrons. The molecule has 0 aliphatic heterocycles. The highest BCUT2D eigenvalue weighted by molar-refractivity contribution is 5.97. The third-order valence-electron chi connectivity index (χ3n) is 4.91. The standard InChI is InChI=1S/C24H29N5O4/c1-14(30)29(5)17-8-6-7-15(11-17)12-18(25)22(31)26-16-9-10-19-20(13-16)28-21(27-19)23(32)33-24(2,3)4/h6-11,13,18H,12,25H2,1-5H3,(H,26,31)(H,27,28)/t18-/m0/s1. The number of nitrogens with two attached hydrogens (primary N) is 1. The number of anilines is 2. The van der Waals surface area contributed by atoms with Crippen molar-refractivity contribution in [2.24, 2.45) is 5.73 Å². The number of nitrogens with zero attached hydrogens (tertiary/aromatic N) is 2. The van der Waals surface area contributed by atoms with Crippen LogP contribution in [-0.4, -0.2) is 46.4 Å². The molecule has 1 atom stereocenters. The van der Waals surface area contributed by atoms with Crippen molar-refractivity contribution in [1.29, 1.82) is 0 Å². The number of rotatable bonds is 6. The lowest BCUT2D eigenvalue weighted by Crippen LogP contribution is -2.37. The van der Waals surface area contributed by atoms with Crippen LogP contribution in [0.15, 0.2) is 42.5 Å². The molecule has 0 fully saturated rings. The second kappa shape index (κ2) is 9.41. The minimum atomic E-state index is -0.796. The molecule has 0 saturated heterocycles. The molecule has 2 amide bonds. The molecule has 9 nitrogen and oxygen atoms in total. The normalized spacial score (nSPS) is 12.3. The number of hydrogen-bond donors (Lipinski definition) is 3. The van der Waals surface area contributed by atoms with E-state index in [0.29, 0.717) is 23.1 Å². The number of esters is 1. The Bertz CT molecular complexity index is 1200. The second-order valence-corrected chi connectivity index (χ2v) is 8.87. The Labute approximate surface area is 192 Å². The van der Waals surface area contributed by atoms with Gasteiger partial charge in [0.25, 0.3) is 0 Å². The Morgan fingerprint density at radius 1 is 1.18 bits per heavy atom. The van der Waals surface area contributed by atoms with Gasteiger partial charge in [0.2, 0.25) is 17.6 Å². The van der Waals surface area contributed by atoms with E-state index in [-0.39, 0.29) is 17.6 Å². The first kappa shape index (κ1) is 23.9. The Balaban J connectivity index is 1.68. The number of benzene rings is 2. The third kappa shape index (κ3) is 6.17. The minimum Gasteiger partial charge on any atom is -0.454 e. The second-order valence-electron chi connectivity index (χ2n) is 8.87. The molecule has 1 heterocycles. The number of aromatic amines is 1. The van der Waals surface area contributed by atoms with Crippen molar-refractivity contribution in [2.75, 3.05) is 17.3 Å². The van der Waals surface area contributed by atoms with Crippen LogP contribution >= 0.6 is 0 Å². The van der Waals surface area contributed by atoms with E-state index in [1.54, 1.807) is 46.0 Å². The molecule has 0 bridgehead atoms. The number of aromatic nitrogens is 2. The molecular formula is C24H29N5O4. The first-order chi connectivity index (χ1) is 15.4. The van der Waals surface area contributed by atoms with Crippen LogP contribution in [0, 0.1) is 0 Å². The summed E-state index contributed by atoms with van der Waals surface area (Å²) < 4.78 is 5.33. The third-order valence-corrected chi connectivity index (χ3v) is 4.91. The van der Waals surface area contributed by atoms with Crippen molar-refractivity contribution in [3.8, 4) is 0 Å². The zero-order valence-electron chi connectivity index (χ0n) is 19.4. The summed E-state index contributed by atoms with van der Waals surface area (Å²) in [6.07, 6.45) is 0.304. The highest BCUT2D eigenvalue weighted by Crippen LogP contribution is 2.20. The highest BCUT2D eigenvalue weighted by atomic mass is 16.6. The molecule has 0 unspecified atom stereocenters. The van der Waals surface area contributed by atoms with Crippen LogP contribution in [-0.2, 0) is 20.7 Å². The minimum absolute atomic E-state index is 0.0854. The van der Waals surface area contributed by atoms with Gasteiger partial charge in [-0.2, -0.15) is 0 Å². The van der Waals surface area contributed by atoms with Crippen LogP contribution < -0.4 is 16.0 Å². The largest absolute Gasteiger partial charge is 0.454 e. The summed E-state index contributed by atoms with van der Waals surface area (Å²) >= 11 is 0. The molecule has 2 aromatic carbocycles. The number of amides is 2. The summed E-state index contributed by atoms with van der Waals surface area (Å²) in [6, 6.07) is 11.6. The van der Waals surface area contributed by atoms with Gasteiger partial charge in [-0.3, -0.25) is 9.59 Å². The maximum atomic E-state index is 12.6. The number of carbonyl (C=O) groups excluding carboxylic acids is 3. The Morgan fingerprint density at radius 2 is 1.91 bits per heavy atom. The van der Waals surface area contributed by atoms with Crippen molar-refractivity contribution in [3.63, 3.8) is 0 Å². The summed E-state index contributed by atoms with van der Waals surface area (Å²) in [4.78, 5) is 45.2. The molecule has 4 N–H and O–H groups in total. The van der Waals surface area contributed by atoms with Gasteiger partial charge >= 0.3 is 5.97 Å². The van der Waals surface area contributed by atoms with Crippen LogP contribution in [0.1, 0.15) is 43.9 Å². The van der Waals surface area contributed by atoms with E-state index in [0.717, 1.165) is 11.3 Å². The lowest BCUT2D eigenvalue weighted by atomic mass is 10.0. The maximum Gasteiger partial charge on any atom is 0.374 e. The van der Waals surface area contributed by atoms with Gasteiger partial charge in [0.1, 0.15) is 5.60 Å². The van der Waals surface area contributed by atoms with E-state index in [4.69, 9.17) is 10.5 Å². The van der Waals surface area contributed by atoms with E-state index in [2.05, 4.69) is 15.3 Å². The molecule has 3 aromatic rings. The molecule has 0 aliphatic carbocycles. The highest BCUT2D eigenvalue weighted by Gasteiger charge is 2.21. The van der Waals surface area contributed by atoms with Gasteiger partial charge in [0, 0.05) is 25.3 Å². The molecule has 9 heteroatoms. The topological polar surface area (TPSA) is 130 Å². The molecule has 3 rings (SSSR count). The van der Waals surface area contributed by atoms with Gasteiger partial charge in [-0.05, 0) is 63.1 Å². The van der Waals surface area contributed by atoms with E-state index in [1.807, 2.05) is 24.3 Å². The average molecular weight is 452 g/mol. The monoisotopic (exact) mass is 451 g/mol. The van der Waals surface area contributed by atoms with Crippen LogP contribution in [0.4, 0.5) is 11.4 Å². The maximum absolute atomic E-state index is 12.6. The summed E-state index contributed by atoms with van der Waals surface area (Å²) in [5.41, 5.74) is 8.73. The zero-order valence-corrected chi connectivity index (χ0v) is 19.4. The molecule has 0 radical (unpaired) electrons. The SMILES string of the molecule is CC(=O)N(C)c1cccc(C[C@H](N)C(=O)Nc2ccc3[nH]c(C(=O)OC(C)(C)C)nc3c2)c1. The Kier molecular flexibility index (Phi) is 6.83. The molecule has 0 saturated carbocycles. The summed E-state index contributed by atoms with van der Waals surface area (Å²) in [7, 11) is 1.69. The summed E-state index contributed by atoms with van der Waals surface area (Å²) in [5, 5.41) is 2.79. The van der Waals surface area contributed by atoms with Crippen molar-refractivity contribution in [1.82, 2.24) is 9.97 Å². The lowest BCUT2D eigenvalue weighted by Gasteiger charge is -2.18. The summed E-state index contributed by atoms with van der Waals surface area (Å²) in [5.74, 6) is -0.903. The Morgan fingerprint density at radius 3 is 2.58 bits per heavy atom. The fourth-order valence-corrected chi connectivity index (χ4v) is 3.16.